The molecule has 0 spiro atoms. The molecule has 0 aromatic carbocycles. The van der Waals surface area contributed by atoms with Crippen LogP contribution in [0.1, 0.15) is 40.0 Å². The molecule has 7 heteroatoms. The third kappa shape index (κ3) is 3.72. The first-order valence-corrected chi connectivity index (χ1v) is 9.23. The smallest absolute Gasteiger partial charge is 0.352 e. The fraction of sp³-hybridized carbons (Fsp3) is 0.526. The van der Waals surface area contributed by atoms with Gasteiger partial charge in [0.15, 0.2) is 0 Å². The van der Waals surface area contributed by atoms with Crippen LogP contribution < -0.4 is 11.2 Å². The third-order valence-corrected chi connectivity index (χ3v) is 4.99. The number of hydrogen-bond donors (Lipinski definition) is 2. The van der Waals surface area contributed by atoms with Crippen molar-refractivity contribution in [3.63, 3.8) is 0 Å². The zero-order chi connectivity index (χ0) is 18.7. The Balaban J connectivity index is 1.83. The van der Waals surface area contributed by atoms with Crippen LogP contribution in [0.2, 0.25) is 0 Å². The quantitative estimate of drug-likeness (QED) is 0.580. The number of fused-ring (bicyclic) bond motifs is 1. The van der Waals surface area contributed by atoms with Gasteiger partial charge in [0.2, 0.25) is 0 Å². The van der Waals surface area contributed by atoms with Gasteiger partial charge in [-0.2, -0.15) is 0 Å². The van der Waals surface area contributed by atoms with E-state index in [1.807, 2.05) is 6.08 Å². The molecule has 7 nitrogen and oxygen atoms in total. The number of esters is 1. The van der Waals surface area contributed by atoms with Gasteiger partial charge in [-0.25, -0.2) is 15.6 Å². The van der Waals surface area contributed by atoms with Gasteiger partial charge in [0.25, 0.3) is 0 Å². The standard InChI is InChI=1S/C19H27N5O2/c1-4-14-10-17(19(25)26-5-2)23-18(24(14)20)8-12(3)13-6-7-15-16(9-13)22-11-21-15/h6,8-9,11-12,14-15H,4-5,7,10,20H2,1-3H3,(H,21,22)/b18-8-. The number of rotatable bonds is 5. The van der Waals surface area contributed by atoms with E-state index < -0.39 is 0 Å². The van der Waals surface area contributed by atoms with E-state index in [0.717, 1.165) is 18.5 Å². The van der Waals surface area contributed by atoms with Crippen molar-refractivity contribution in [3.05, 3.63) is 35.3 Å². The maximum atomic E-state index is 12.1. The van der Waals surface area contributed by atoms with Crippen LogP contribution in [0.5, 0.6) is 0 Å². The number of carbonyl (C=O) groups excluding carboxylic acids is 1. The first kappa shape index (κ1) is 18.4. The van der Waals surface area contributed by atoms with Crippen molar-refractivity contribution in [1.29, 1.82) is 0 Å². The number of ether oxygens (including phenoxy) is 1. The predicted molar refractivity (Wildman–Crippen MR) is 102 cm³/mol. The van der Waals surface area contributed by atoms with Crippen molar-refractivity contribution >= 4 is 18.0 Å². The van der Waals surface area contributed by atoms with Crippen LogP contribution in [0.15, 0.2) is 45.3 Å². The zero-order valence-electron chi connectivity index (χ0n) is 15.6. The molecule has 3 rings (SSSR count). The number of aliphatic imine (C=N–C) groups is 2. The molecule has 0 amide bonds. The fourth-order valence-corrected chi connectivity index (χ4v) is 3.39. The summed E-state index contributed by atoms with van der Waals surface area (Å²) in [4.78, 5) is 21.0. The number of allylic oxidation sites excluding steroid dienone is 3. The van der Waals surface area contributed by atoms with E-state index in [1.165, 1.54) is 5.57 Å². The molecule has 3 atom stereocenters. The summed E-state index contributed by atoms with van der Waals surface area (Å²) >= 11 is 0. The highest BCUT2D eigenvalue weighted by Crippen LogP contribution is 2.28. The average molecular weight is 357 g/mol. The molecule has 140 valence electrons. The number of carbonyl (C=O) groups is 1. The van der Waals surface area contributed by atoms with Gasteiger partial charge < -0.3 is 10.1 Å². The van der Waals surface area contributed by atoms with Gasteiger partial charge in [0.05, 0.1) is 25.0 Å². The van der Waals surface area contributed by atoms with E-state index in [1.54, 1.807) is 18.3 Å². The molecular formula is C19H27N5O2. The van der Waals surface area contributed by atoms with Gasteiger partial charge in [0.1, 0.15) is 11.5 Å². The van der Waals surface area contributed by atoms with E-state index >= 15 is 0 Å². The second-order valence-electron chi connectivity index (χ2n) is 6.74. The molecule has 0 bridgehead atoms. The third-order valence-electron chi connectivity index (χ3n) is 4.99. The minimum Gasteiger partial charge on any atom is -0.462 e. The summed E-state index contributed by atoms with van der Waals surface area (Å²) in [5.41, 5.74) is 2.77. The lowest BCUT2D eigenvalue weighted by molar-refractivity contribution is -0.135. The lowest BCUT2D eigenvalue weighted by Crippen LogP contribution is -2.45. The highest BCUT2D eigenvalue weighted by atomic mass is 16.5. The van der Waals surface area contributed by atoms with Crippen molar-refractivity contribution in [3.8, 4) is 0 Å². The Morgan fingerprint density at radius 3 is 3.08 bits per heavy atom. The monoisotopic (exact) mass is 357 g/mol. The second kappa shape index (κ2) is 7.86. The van der Waals surface area contributed by atoms with E-state index in [0.29, 0.717) is 24.6 Å². The molecule has 2 heterocycles. The van der Waals surface area contributed by atoms with E-state index in [9.17, 15) is 4.79 Å². The minimum absolute atomic E-state index is 0.0401. The molecule has 0 aromatic rings. The Hall–Kier alpha value is -2.41. The van der Waals surface area contributed by atoms with Gasteiger partial charge in [0, 0.05) is 18.0 Å². The highest BCUT2D eigenvalue weighted by molar-refractivity contribution is 6.37. The van der Waals surface area contributed by atoms with Crippen LogP contribution in [0.3, 0.4) is 0 Å². The first-order valence-electron chi connectivity index (χ1n) is 9.23. The van der Waals surface area contributed by atoms with E-state index in [2.05, 4.69) is 41.3 Å². The summed E-state index contributed by atoms with van der Waals surface area (Å²) in [5.74, 6) is 6.66. The topological polar surface area (TPSA) is 92.3 Å². The van der Waals surface area contributed by atoms with Crippen LogP contribution in [0.25, 0.3) is 0 Å². The molecule has 0 radical (unpaired) electrons. The van der Waals surface area contributed by atoms with Gasteiger partial charge in [-0.3, -0.25) is 10.0 Å². The van der Waals surface area contributed by atoms with Crippen LogP contribution in [0.4, 0.5) is 0 Å². The largest absolute Gasteiger partial charge is 0.462 e. The number of nitrogens with two attached hydrogens (primary N) is 1. The van der Waals surface area contributed by atoms with Gasteiger partial charge >= 0.3 is 5.97 Å². The normalized spacial score (nSPS) is 27.3. The van der Waals surface area contributed by atoms with Crippen LogP contribution >= 0.6 is 0 Å². The lowest BCUT2D eigenvalue weighted by atomic mass is 9.91. The molecule has 3 N–H and O–H groups in total. The summed E-state index contributed by atoms with van der Waals surface area (Å²) in [7, 11) is 0. The van der Waals surface area contributed by atoms with Crippen molar-refractivity contribution in [2.45, 2.75) is 52.1 Å². The van der Waals surface area contributed by atoms with Gasteiger partial charge in [-0.05, 0) is 37.5 Å². The average Bonchev–Trinajstić information content (AvgIpc) is 3.11. The summed E-state index contributed by atoms with van der Waals surface area (Å²) < 4.78 is 5.13. The summed E-state index contributed by atoms with van der Waals surface area (Å²) in [6.45, 7) is 6.30. The van der Waals surface area contributed by atoms with Crippen molar-refractivity contribution < 1.29 is 9.53 Å². The van der Waals surface area contributed by atoms with Crippen molar-refractivity contribution in [1.82, 2.24) is 10.3 Å². The van der Waals surface area contributed by atoms with Crippen molar-refractivity contribution in [2.24, 2.45) is 21.7 Å². The number of nitrogens with one attached hydrogen (secondary N) is 1. The Bertz CT molecular complexity index is 719. The number of hydrogen-bond acceptors (Lipinski definition) is 7. The van der Waals surface area contributed by atoms with Crippen LogP contribution in [-0.4, -0.2) is 41.7 Å². The molecular weight excluding hydrogens is 330 g/mol. The summed E-state index contributed by atoms with van der Waals surface area (Å²) in [6, 6.07) is 0.260. The van der Waals surface area contributed by atoms with Crippen molar-refractivity contribution in [2.75, 3.05) is 6.61 Å². The lowest BCUT2D eigenvalue weighted by Gasteiger charge is -2.33. The molecule has 3 unspecified atom stereocenters. The van der Waals surface area contributed by atoms with E-state index in [-0.39, 0.29) is 24.0 Å². The molecule has 0 fully saturated rings. The Morgan fingerprint density at radius 2 is 2.35 bits per heavy atom. The summed E-state index contributed by atoms with van der Waals surface area (Å²) in [6.07, 6.45) is 10.3. The molecule has 0 saturated carbocycles. The molecule has 0 aromatic heterocycles. The van der Waals surface area contributed by atoms with E-state index in [4.69, 9.17) is 10.6 Å². The Morgan fingerprint density at radius 1 is 1.54 bits per heavy atom. The van der Waals surface area contributed by atoms with Crippen LogP contribution in [0, 0.1) is 5.92 Å². The zero-order valence-corrected chi connectivity index (χ0v) is 15.6. The van der Waals surface area contributed by atoms with Crippen LogP contribution in [-0.2, 0) is 9.53 Å². The molecule has 0 saturated heterocycles. The highest BCUT2D eigenvalue weighted by Gasteiger charge is 2.29. The first-order chi connectivity index (χ1) is 12.5. The van der Waals surface area contributed by atoms with Gasteiger partial charge in [-0.1, -0.05) is 19.9 Å². The Kier molecular flexibility index (Phi) is 5.56. The molecule has 26 heavy (non-hydrogen) atoms. The summed E-state index contributed by atoms with van der Waals surface area (Å²) in [5, 5.41) is 4.87. The molecule has 3 aliphatic rings. The number of nitrogens with zero attached hydrogens (tertiary/aromatic N) is 3. The maximum Gasteiger partial charge on any atom is 0.352 e. The second-order valence-corrected chi connectivity index (χ2v) is 6.74. The molecule has 1 aliphatic carbocycles. The fourth-order valence-electron chi connectivity index (χ4n) is 3.39. The maximum absolute atomic E-state index is 12.1. The number of hydrazine groups is 1. The van der Waals surface area contributed by atoms with Gasteiger partial charge in [-0.15, -0.1) is 0 Å². The molecule has 2 aliphatic heterocycles. The Labute approximate surface area is 154 Å². The minimum atomic E-state index is -0.355. The predicted octanol–water partition coefficient (Wildman–Crippen LogP) is 2.04. The SMILES string of the molecule is CCOC(=O)C1=N/C(=C/C(C)C2=CCC3N=CNC3=C2)N(N)C(CC)C1.